The lowest BCUT2D eigenvalue weighted by atomic mass is 10.4. The third-order valence-electron chi connectivity index (χ3n) is 1.76. The van der Waals surface area contributed by atoms with E-state index < -0.39 is 0 Å². The fraction of sp³-hybridized carbons (Fsp3) is 0.200. The van der Waals surface area contributed by atoms with E-state index in [9.17, 15) is 0 Å². The highest BCUT2D eigenvalue weighted by Crippen LogP contribution is 2.18. The van der Waals surface area contributed by atoms with Crippen molar-refractivity contribution in [3.05, 3.63) is 17.6 Å². The summed E-state index contributed by atoms with van der Waals surface area (Å²) in [4.78, 5) is 9.50. The molecule has 2 aromatic heterocycles. The summed E-state index contributed by atoms with van der Waals surface area (Å²) >= 11 is 1.61. The number of nitrogens with one attached hydrogen (secondary N) is 1. The molecule has 0 amide bonds. The molecule has 0 fully saturated rings. The normalized spacial score (nSPS) is 9.93. The summed E-state index contributed by atoms with van der Waals surface area (Å²) in [5.74, 6) is 3.20. The monoisotopic (exact) mass is 203 g/mol. The quantitative estimate of drug-likeness (QED) is 0.613. The summed E-state index contributed by atoms with van der Waals surface area (Å²) in [5.41, 5.74) is 0. The molecule has 0 bridgehead atoms. The van der Waals surface area contributed by atoms with Gasteiger partial charge in [-0.1, -0.05) is 0 Å². The van der Waals surface area contributed by atoms with E-state index in [4.69, 9.17) is 6.42 Å². The van der Waals surface area contributed by atoms with Gasteiger partial charge in [0.25, 0.3) is 0 Å². The standard InChI is InChI=1S/C10H9N3S/c1-2-3-5-11-10-12-7-8-4-6-14-9(8)13-10/h1,4,6-7H,3,5H2,(H,11,12,13). The lowest BCUT2D eigenvalue weighted by molar-refractivity contribution is 1.05. The van der Waals surface area contributed by atoms with Crippen LogP contribution in [0, 0.1) is 12.3 Å². The van der Waals surface area contributed by atoms with Gasteiger partial charge in [-0.25, -0.2) is 9.97 Å². The van der Waals surface area contributed by atoms with Crippen molar-refractivity contribution in [2.24, 2.45) is 0 Å². The minimum absolute atomic E-state index is 0.648. The number of anilines is 1. The van der Waals surface area contributed by atoms with E-state index in [1.165, 1.54) is 0 Å². The van der Waals surface area contributed by atoms with Crippen LogP contribution in [0.15, 0.2) is 17.6 Å². The van der Waals surface area contributed by atoms with Gasteiger partial charge in [-0.05, 0) is 11.4 Å². The van der Waals surface area contributed by atoms with E-state index in [-0.39, 0.29) is 0 Å². The molecule has 0 saturated carbocycles. The van der Waals surface area contributed by atoms with Crippen molar-refractivity contribution in [2.75, 3.05) is 11.9 Å². The SMILES string of the molecule is C#CCCNc1ncc2ccsc2n1. The molecule has 0 saturated heterocycles. The predicted octanol–water partition coefficient (Wildman–Crippen LogP) is 2.13. The third-order valence-corrected chi connectivity index (χ3v) is 2.58. The van der Waals surface area contributed by atoms with Crippen molar-refractivity contribution >= 4 is 27.5 Å². The molecule has 14 heavy (non-hydrogen) atoms. The second-order valence-electron chi connectivity index (χ2n) is 2.76. The largest absolute Gasteiger partial charge is 0.353 e. The summed E-state index contributed by atoms with van der Waals surface area (Å²) in [6.45, 7) is 0.716. The van der Waals surface area contributed by atoms with Gasteiger partial charge in [0.1, 0.15) is 4.83 Å². The highest BCUT2D eigenvalue weighted by atomic mass is 32.1. The topological polar surface area (TPSA) is 37.8 Å². The Bertz CT molecular complexity index is 469. The zero-order chi connectivity index (χ0) is 9.80. The minimum Gasteiger partial charge on any atom is -0.353 e. The lowest BCUT2D eigenvalue weighted by Gasteiger charge is -2.00. The Morgan fingerprint density at radius 2 is 2.50 bits per heavy atom. The Hall–Kier alpha value is -1.60. The first-order valence-corrected chi connectivity index (χ1v) is 5.15. The molecule has 2 heterocycles. The van der Waals surface area contributed by atoms with Crippen LogP contribution < -0.4 is 5.32 Å². The first-order valence-electron chi connectivity index (χ1n) is 4.28. The fourth-order valence-corrected chi connectivity index (χ4v) is 1.83. The van der Waals surface area contributed by atoms with E-state index >= 15 is 0 Å². The van der Waals surface area contributed by atoms with Crippen molar-refractivity contribution in [3.63, 3.8) is 0 Å². The zero-order valence-corrected chi connectivity index (χ0v) is 8.34. The predicted molar refractivity (Wildman–Crippen MR) is 59.4 cm³/mol. The molecule has 1 N–H and O–H groups in total. The van der Waals surface area contributed by atoms with Crippen LogP contribution in [-0.4, -0.2) is 16.5 Å². The summed E-state index contributed by atoms with van der Waals surface area (Å²) < 4.78 is 0. The molecule has 0 spiro atoms. The molecular formula is C10H9N3S. The van der Waals surface area contributed by atoms with Crippen LogP contribution in [0.4, 0.5) is 5.95 Å². The summed E-state index contributed by atoms with van der Waals surface area (Å²) in [6.07, 6.45) is 7.64. The maximum atomic E-state index is 5.14. The van der Waals surface area contributed by atoms with Gasteiger partial charge in [-0.2, -0.15) is 0 Å². The molecule has 0 aliphatic rings. The summed E-state index contributed by atoms with van der Waals surface area (Å²) in [7, 11) is 0. The van der Waals surface area contributed by atoms with Crippen LogP contribution in [0.5, 0.6) is 0 Å². The molecule has 2 rings (SSSR count). The number of hydrogen-bond donors (Lipinski definition) is 1. The molecule has 0 aliphatic heterocycles. The van der Waals surface area contributed by atoms with E-state index in [2.05, 4.69) is 21.2 Å². The van der Waals surface area contributed by atoms with E-state index in [1.54, 1.807) is 11.3 Å². The van der Waals surface area contributed by atoms with Gasteiger partial charge in [0.15, 0.2) is 0 Å². The summed E-state index contributed by atoms with van der Waals surface area (Å²) in [5, 5.41) is 6.15. The molecule has 0 aromatic carbocycles. The van der Waals surface area contributed by atoms with Crippen molar-refractivity contribution in [3.8, 4) is 12.3 Å². The molecule has 2 aromatic rings. The van der Waals surface area contributed by atoms with E-state index in [0.29, 0.717) is 18.9 Å². The van der Waals surface area contributed by atoms with Crippen LogP contribution in [0.2, 0.25) is 0 Å². The Kier molecular flexibility index (Phi) is 2.61. The van der Waals surface area contributed by atoms with Gasteiger partial charge >= 0.3 is 0 Å². The van der Waals surface area contributed by atoms with Crippen LogP contribution in [0.3, 0.4) is 0 Å². The van der Waals surface area contributed by atoms with Crippen molar-refractivity contribution in [2.45, 2.75) is 6.42 Å². The number of thiophene rings is 1. The Balaban J connectivity index is 2.14. The highest BCUT2D eigenvalue weighted by Gasteiger charge is 1.99. The number of fused-ring (bicyclic) bond motifs is 1. The second kappa shape index (κ2) is 4.07. The molecule has 4 heteroatoms. The molecular weight excluding hydrogens is 194 g/mol. The highest BCUT2D eigenvalue weighted by molar-refractivity contribution is 7.16. The Morgan fingerprint density at radius 3 is 3.36 bits per heavy atom. The van der Waals surface area contributed by atoms with Gasteiger partial charge in [-0.15, -0.1) is 23.7 Å². The number of rotatable bonds is 3. The maximum absolute atomic E-state index is 5.14. The van der Waals surface area contributed by atoms with Crippen LogP contribution in [-0.2, 0) is 0 Å². The van der Waals surface area contributed by atoms with Gasteiger partial charge in [0.2, 0.25) is 5.95 Å². The average molecular weight is 203 g/mol. The smallest absolute Gasteiger partial charge is 0.224 e. The zero-order valence-electron chi connectivity index (χ0n) is 7.53. The molecule has 0 aliphatic carbocycles. The maximum Gasteiger partial charge on any atom is 0.224 e. The molecule has 70 valence electrons. The van der Waals surface area contributed by atoms with Gasteiger partial charge in [0, 0.05) is 24.5 Å². The lowest BCUT2D eigenvalue weighted by Crippen LogP contribution is -2.03. The number of aromatic nitrogens is 2. The Labute approximate surface area is 86.2 Å². The Morgan fingerprint density at radius 1 is 1.57 bits per heavy atom. The number of nitrogens with zero attached hydrogens (tertiary/aromatic N) is 2. The first-order chi connectivity index (χ1) is 6.90. The van der Waals surface area contributed by atoms with Gasteiger partial charge < -0.3 is 5.32 Å². The van der Waals surface area contributed by atoms with Crippen molar-refractivity contribution < 1.29 is 0 Å². The third kappa shape index (κ3) is 1.83. The number of terminal acetylenes is 1. The van der Waals surface area contributed by atoms with Crippen LogP contribution >= 0.6 is 11.3 Å². The van der Waals surface area contributed by atoms with Crippen LogP contribution in [0.25, 0.3) is 10.2 Å². The van der Waals surface area contributed by atoms with Gasteiger partial charge in [-0.3, -0.25) is 0 Å². The first kappa shape index (κ1) is 8.97. The van der Waals surface area contributed by atoms with Gasteiger partial charge in [0.05, 0.1) is 0 Å². The van der Waals surface area contributed by atoms with E-state index in [0.717, 1.165) is 10.2 Å². The molecule has 0 atom stereocenters. The molecule has 3 nitrogen and oxygen atoms in total. The molecule has 0 unspecified atom stereocenters. The summed E-state index contributed by atoms with van der Waals surface area (Å²) in [6, 6.07) is 2.01. The number of hydrogen-bond acceptors (Lipinski definition) is 4. The van der Waals surface area contributed by atoms with Crippen molar-refractivity contribution in [1.82, 2.24) is 9.97 Å². The average Bonchev–Trinajstić information content (AvgIpc) is 2.65. The van der Waals surface area contributed by atoms with Crippen LogP contribution in [0.1, 0.15) is 6.42 Å². The van der Waals surface area contributed by atoms with E-state index in [1.807, 2.05) is 17.6 Å². The second-order valence-corrected chi connectivity index (χ2v) is 3.65. The van der Waals surface area contributed by atoms with Crippen molar-refractivity contribution in [1.29, 1.82) is 0 Å². The minimum atomic E-state index is 0.648. The fourth-order valence-electron chi connectivity index (χ4n) is 1.09. The molecule has 0 radical (unpaired) electrons.